The Hall–Kier alpha value is -2.45. The fourth-order valence-electron chi connectivity index (χ4n) is 2.05. The number of hydrogen-bond acceptors (Lipinski definition) is 8. The molecule has 0 atom stereocenters. The lowest BCUT2D eigenvalue weighted by molar-refractivity contribution is 0.0468. The maximum Gasteiger partial charge on any atom is 0.338 e. The molecule has 3 rings (SSSR count). The van der Waals surface area contributed by atoms with E-state index in [1.807, 2.05) is 13.8 Å². The average molecular weight is 380 g/mol. The number of nitrogens with zero attached hydrogens (tertiary/aromatic N) is 3. The monoisotopic (exact) mass is 379 g/mol. The molecule has 0 spiro atoms. The molecule has 0 radical (unpaired) electrons. The van der Waals surface area contributed by atoms with Crippen LogP contribution in [0.5, 0.6) is 5.75 Å². The predicted molar refractivity (Wildman–Crippen MR) is 90.8 cm³/mol. The smallest absolute Gasteiger partial charge is 0.338 e. The van der Waals surface area contributed by atoms with E-state index in [2.05, 4.69) is 14.7 Å². The van der Waals surface area contributed by atoms with E-state index in [9.17, 15) is 4.79 Å². The van der Waals surface area contributed by atoms with Crippen molar-refractivity contribution in [2.45, 2.75) is 27.1 Å². The minimum absolute atomic E-state index is 0.0154. The van der Waals surface area contributed by atoms with Crippen molar-refractivity contribution in [2.24, 2.45) is 0 Å². The van der Waals surface area contributed by atoms with Gasteiger partial charge in [0.15, 0.2) is 0 Å². The predicted octanol–water partition coefficient (Wildman–Crippen LogP) is 3.73. The molecule has 0 fully saturated rings. The van der Waals surface area contributed by atoms with Crippen molar-refractivity contribution in [1.82, 2.24) is 14.7 Å². The number of halogens is 1. The summed E-state index contributed by atoms with van der Waals surface area (Å²) in [4.78, 5) is 12.0. The molecule has 9 heteroatoms. The maximum absolute atomic E-state index is 12.0. The molecule has 0 amide bonds. The Morgan fingerprint density at radius 2 is 2.00 bits per heavy atom. The number of carbonyl (C=O) groups is 1. The molecule has 0 aliphatic heterocycles. The van der Waals surface area contributed by atoms with E-state index >= 15 is 0 Å². The van der Waals surface area contributed by atoms with Crippen LogP contribution < -0.4 is 4.74 Å². The van der Waals surface area contributed by atoms with Crippen molar-refractivity contribution in [3.63, 3.8) is 0 Å². The van der Waals surface area contributed by atoms with Gasteiger partial charge in [-0.3, -0.25) is 0 Å². The topological polar surface area (TPSA) is 87.3 Å². The van der Waals surface area contributed by atoms with Gasteiger partial charge in [-0.05, 0) is 38.1 Å². The zero-order valence-corrected chi connectivity index (χ0v) is 15.1. The molecular weight excluding hydrogens is 366 g/mol. The van der Waals surface area contributed by atoms with Crippen molar-refractivity contribution < 1.29 is 18.8 Å². The van der Waals surface area contributed by atoms with Crippen molar-refractivity contribution >= 4 is 29.1 Å². The first kappa shape index (κ1) is 17.4. The molecule has 0 saturated carbocycles. The molecule has 7 nitrogen and oxygen atoms in total. The Kier molecular flexibility index (Phi) is 5.30. The lowest BCUT2D eigenvalue weighted by Gasteiger charge is -2.07. The molecule has 0 N–H and O–H groups in total. The lowest BCUT2D eigenvalue weighted by atomic mass is 10.2. The van der Waals surface area contributed by atoms with E-state index in [0.717, 1.165) is 28.6 Å². The molecule has 0 aliphatic carbocycles. The van der Waals surface area contributed by atoms with Crippen LogP contribution in [-0.4, -0.2) is 20.7 Å². The summed E-state index contributed by atoms with van der Waals surface area (Å²) in [7, 11) is 0. The zero-order chi connectivity index (χ0) is 17.8. The summed E-state index contributed by atoms with van der Waals surface area (Å²) in [6.07, 6.45) is 0. The third-order valence-corrected chi connectivity index (χ3v) is 4.49. The first-order valence-corrected chi connectivity index (χ1v) is 8.48. The fourth-order valence-corrected chi connectivity index (χ4v) is 2.65. The minimum Gasteiger partial charge on any atom is -0.489 e. The SMILES string of the molecule is Cc1noc(C)c1COc1ccc(C(=O)OCc2nnsc2Cl)cc1. The molecule has 1 aromatic carbocycles. The van der Waals surface area contributed by atoms with Crippen LogP contribution in [-0.2, 0) is 18.0 Å². The van der Waals surface area contributed by atoms with E-state index in [1.54, 1.807) is 24.3 Å². The third kappa shape index (κ3) is 4.15. The molecule has 3 aromatic rings. The van der Waals surface area contributed by atoms with Gasteiger partial charge in [0.1, 0.15) is 34.8 Å². The Bertz CT molecular complexity index is 856. The van der Waals surface area contributed by atoms with Gasteiger partial charge >= 0.3 is 5.97 Å². The van der Waals surface area contributed by atoms with Gasteiger partial charge in [0.05, 0.1) is 16.8 Å². The largest absolute Gasteiger partial charge is 0.489 e. The second-order valence-corrected chi connectivity index (χ2v) is 6.54. The van der Waals surface area contributed by atoms with Gasteiger partial charge < -0.3 is 14.0 Å². The number of ether oxygens (including phenoxy) is 2. The summed E-state index contributed by atoms with van der Waals surface area (Å²) in [5.74, 6) is 0.887. The number of hydrogen-bond donors (Lipinski definition) is 0. The number of rotatable bonds is 6. The molecule has 0 aliphatic rings. The molecule has 2 aromatic heterocycles. The normalized spacial score (nSPS) is 10.7. The van der Waals surface area contributed by atoms with Gasteiger partial charge in [0.25, 0.3) is 0 Å². The first-order chi connectivity index (χ1) is 12.0. The summed E-state index contributed by atoms with van der Waals surface area (Å²) in [5, 5.41) is 7.66. The summed E-state index contributed by atoms with van der Waals surface area (Å²) in [5.41, 5.74) is 2.56. The average Bonchev–Trinajstić information content (AvgIpc) is 3.17. The maximum atomic E-state index is 12.0. The van der Waals surface area contributed by atoms with Crippen molar-refractivity contribution in [1.29, 1.82) is 0 Å². The van der Waals surface area contributed by atoms with Crippen molar-refractivity contribution in [2.75, 3.05) is 0 Å². The molecule has 0 unspecified atom stereocenters. The van der Waals surface area contributed by atoms with E-state index in [1.165, 1.54) is 0 Å². The van der Waals surface area contributed by atoms with Crippen LogP contribution >= 0.6 is 23.1 Å². The number of carbonyl (C=O) groups excluding carboxylic acids is 1. The zero-order valence-electron chi connectivity index (χ0n) is 13.5. The fraction of sp³-hybridized carbons (Fsp3) is 0.250. The highest BCUT2D eigenvalue weighted by atomic mass is 35.5. The van der Waals surface area contributed by atoms with Gasteiger partial charge in [-0.2, -0.15) is 0 Å². The van der Waals surface area contributed by atoms with Gasteiger partial charge in [-0.15, -0.1) is 5.10 Å². The second kappa shape index (κ2) is 7.62. The summed E-state index contributed by atoms with van der Waals surface area (Å²) in [6.45, 7) is 4.03. The lowest BCUT2D eigenvalue weighted by Crippen LogP contribution is -2.06. The second-order valence-electron chi connectivity index (χ2n) is 5.19. The van der Waals surface area contributed by atoms with E-state index in [-0.39, 0.29) is 6.61 Å². The van der Waals surface area contributed by atoms with Crippen LogP contribution in [0.2, 0.25) is 4.34 Å². The minimum atomic E-state index is -0.471. The Morgan fingerprint density at radius 3 is 2.60 bits per heavy atom. The third-order valence-electron chi connectivity index (χ3n) is 3.50. The van der Waals surface area contributed by atoms with Crippen LogP contribution in [0.1, 0.15) is 33.1 Å². The standard InChI is InChI=1S/C16H14ClN3O4S/c1-9-13(10(2)24-19-9)7-22-12-5-3-11(4-6-12)16(21)23-8-14-15(17)25-20-18-14/h3-6H,7-8H2,1-2H3. The number of aryl methyl sites for hydroxylation is 2. The molecule has 25 heavy (non-hydrogen) atoms. The number of esters is 1. The highest BCUT2D eigenvalue weighted by molar-refractivity contribution is 7.10. The Morgan fingerprint density at radius 1 is 1.24 bits per heavy atom. The Labute approximate surface area is 152 Å². The summed E-state index contributed by atoms with van der Waals surface area (Å²) in [6, 6.07) is 6.66. The van der Waals surface area contributed by atoms with Crippen LogP contribution in [0, 0.1) is 13.8 Å². The van der Waals surface area contributed by atoms with Gasteiger partial charge in [-0.25, -0.2) is 4.79 Å². The van der Waals surface area contributed by atoms with Crippen LogP contribution in [0.4, 0.5) is 0 Å². The summed E-state index contributed by atoms with van der Waals surface area (Å²) >= 11 is 6.91. The van der Waals surface area contributed by atoms with Crippen LogP contribution in [0.3, 0.4) is 0 Å². The number of benzene rings is 1. The van der Waals surface area contributed by atoms with Crippen LogP contribution in [0.15, 0.2) is 28.8 Å². The summed E-state index contributed by atoms with van der Waals surface area (Å²) < 4.78 is 20.0. The quantitative estimate of drug-likeness (QED) is 0.603. The molecule has 0 saturated heterocycles. The van der Waals surface area contributed by atoms with E-state index < -0.39 is 5.97 Å². The van der Waals surface area contributed by atoms with E-state index in [0.29, 0.717) is 28.0 Å². The van der Waals surface area contributed by atoms with Gasteiger partial charge in [-0.1, -0.05) is 21.2 Å². The molecule has 0 bridgehead atoms. The Balaban J connectivity index is 1.56. The van der Waals surface area contributed by atoms with Gasteiger partial charge in [0.2, 0.25) is 0 Å². The number of aromatic nitrogens is 3. The molecular formula is C16H14ClN3O4S. The van der Waals surface area contributed by atoms with Crippen molar-refractivity contribution in [3.05, 3.63) is 56.9 Å². The first-order valence-electron chi connectivity index (χ1n) is 7.33. The highest BCUT2D eigenvalue weighted by Crippen LogP contribution is 2.20. The van der Waals surface area contributed by atoms with Gasteiger partial charge in [0, 0.05) is 11.5 Å². The molecule has 130 valence electrons. The molecule has 2 heterocycles. The van der Waals surface area contributed by atoms with E-state index in [4.69, 9.17) is 25.6 Å². The highest BCUT2D eigenvalue weighted by Gasteiger charge is 2.12. The van der Waals surface area contributed by atoms with Crippen LogP contribution in [0.25, 0.3) is 0 Å². The van der Waals surface area contributed by atoms with Crippen molar-refractivity contribution in [3.8, 4) is 5.75 Å².